The molecule has 0 radical (unpaired) electrons. The van der Waals surface area contributed by atoms with Crippen molar-refractivity contribution in [2.45, 2.75) is 65.0 Å². The third kappa shape index (κ3) is 6.13. The summed E-state index contributed by atoms with van der Waals surface area (Å²) in [4.78, 5) is 33.7. The van der Waals surface area contributed by atoms with E-state index < -0.39 is 0 Å². The topological polar surface area (TPSA) is 91.6 Å². The summed E-state index contributed by atoms with van der Waals surface area (Å²) < 4.78 is 5.55. The highest BCUT2D eigenvalue weighted by Crippen LogP contribution is 2.26. The average Bonchev–Trinajstić information content (AvgIpc) is 3.56. The lowest BCUT2D eigenvalue weighted by molar-refractivity contribution is -0.127. The minimum absolute atomic E-state index is 0.0579. The first-order valence-corrected chi connectivity index (χ1v) is 13.6. The van der Waals surface area contributed by atoms with Crippen LogP contribution in [0.1, 0.15) is 63.5 Å². The average molecular weight is 516 g/mol. The molecule has 38 heavy (non-hydrogen) atoms. The van der Waals surface area contributed by atoms with Gasteiger partial charge >= 0.3 is 0 Å². The van der Waals surface area contributed by atoms with E-state index in [9.17, 15) is 9.59 Å². The molecule has 2 aliphatic heterocycles. The molecule has 2 aliphatic rings. The van der Waals surface area contributed by atoms with Crippen LogP contribution in [0, 0.1) is 5.92 Å². The van der Waals surface area contributed by atoms with Gasteiger partial charge in [-0.1, -0.05) is 62.3 Å². The first-order chi connectivity index (χ1) is 18.3. The summed E-state index contributed by atoms with van der Waals surface area (Å²) >= 11 is 0. The summed E-state index contributed by atoms with van der Waals surface area (Å²) in [7, 11) is 0. The van der Waals surface area contributed by atoms with Crippen molar-refractivity contribution in [3.05, 3.63) is 65.5 Å². The number of carbonyl (C=O) groups is 2. The number of rotatable bonds is 7. The number of piperidine rings is 1. The van der Waals surface area contributed by atoms with Gasteiger partial charge in [-0.3, -0.25) is 14.5 Å². The Morgan fingerprint density at radius 2 is 1.92 bits per heavy atom. The Kier molecular flexibility index (Phi) is 7.61. The van der Waals surface area contributed by atoms with Crippen LogP contribution in [0.25, 0.3) is 11.4 Å². The second kappa shape index (κ2) is 11.1. The normalized spacial score (nSPS) is 18.7. The first-order valence-electron chi connectivity index (χ1n) is 13.6. The van der Waals surface area contributed by atoms with Crippen LogP contribution in [0.2, 0.25) is 0 Å². The van der Waals surface area contributed by atoms with Gasteiger partial charge in [0.25, 0.3) is 0 Å². The summed E-state index contributed by atoms with van der Waals surface area (Å²) in [5.74, 6) is 1.29. The van der Waals surface area contributed by atoms with Gasteiger partial charge in [0.2, 0.25) is 23.5 Å². The number of hydrogen-bond donors (Lipinski definition) is 1. The van der Waals surface area contributed by atoms with Crippen LogP contribution < -0.4 is 10.2 Å². The number of nitrogens with one attached hydrogen (secondary N) is 1. The SMILES string of the molecule is CC(C)(C)c1ccc(-c2noc(CN3CCCC(C(=O)NCc4cccc(N5CCCC5=O)c4)C3)n2)cc1. The summed E-state index contributed by atoms with van der Waals surface area (Å²) in [5.41, 5.74) is 4.19. The number of hydrogen-bond acceptors (Lipinski definition) is 6. The maximum absolute atomic E-state index is 13.0. The zero-order valence-corrected chi connectivity index (χ0v) is 22.6. The molecule has 8 heteroatoms. The zero-order valence-electron chi connectivity index (χ0n) is 22.6. The lowest BCUT2D eigenvalue weighted by Crippen LogP contribution is -2.42. The van der Waals surface area contributed by atoms with Crippen LogP contribution in [-0.2, 0) is 28.1 Å². The van der Waals surface area contributed by atoms with Gasteiger partial charge in [0.05, 0.1) is 12.5 Å². The second-order valence-electron chi connectivity index (χ2n) is 11.4. The minimum Gasteiger partial charge on any atom is -0.352 e. The van der Waals surface area contributed by atoms with Crippen LogP contribution in [0.15, 0.2) is 53.1 Å². The molecule has 1 unspecified atom stereocenters. The summed E-state index contributed by atoms with van der Waals surface area (Å²) in [6, 6.07) is 16.2. The van der Waals surface area contributed by atoms with Gasteiger partial charge in [0.1, 0.15) is 0 Å². The Balaban J connectivity index is 1.14. The van der Waals surface area contributed by atoms with Gasteiger partial charge in [-0.2, -0.15) is 4.98 Å². The van der Waals surface area contributed by atoms with Crippen molar-refractivity contribution in [3.8, 4) is 11.4 Å². The van der Waals surface area contributed by atoms with E-state index in [4.69, 9.17) is 4.52 Å². The minimum atomic E-state index is -0.0839. The van der Waals surface area contributed by atoms with Crippen molar-refractivity contribution in [2.24, 2.45) is 5.92 Å². The predicted octanol–water partition coefficient (Wildman–Crippen LogP) is 4.69. The molecule has 0 bridgehead atoms. The third-order valence-corrected chi connectivity index (χ3v) is 7.47. The molecule has 2 aromatic carbocycles. The molecule has 2 saturated heterocycles. The van der Waals surface area contributed by atoms with Gasteiger partial charge in [0, 0.05) is 37.3 Å². The first kappa shape index (κ1) is 26.1. The number of amides is 2. The third-order valence-electron chi connectivity index (χ3n) is 7.47. The van der Waals surface area contributed by atoms with Crippen LogP contribution in [0.3, 0.4) is 0 Å². The smallest absolute Gasteiger partial charge is 0.241 e. The summed E-state index contributed by atoms with van der Waals surface area (Å²) in [6.07, 6.45) is 3.31. The molecular weight excluding hydrogens is 478 g/mol. The second-order valence-corrected chi connectivity index (χ2v) is 11.4. The Morgan fingerprint density at radius 3 is 2.66 bits per heavy atom. The monoisotopic (exact) mass is 515 g/mol. The van der Waals surface area contributed by atoms with E-state index in [1.54, 1.807) is 0 Å². The molecule has 0 spiro atoms. The molecule has 3 aromatic rings. The number of nitrogens with zero attached hydrogens (tertiary/aromatic N) is 4. The molecule has 5 rings (SSSR count). The highest BCUT2D eigenvalue weighted by Gasteiger charge is 2.27. The number of aromatic nitrogens is 2. The van der Waals surface area contributed by atoms with E-state index >= 15 is 0 Å². The summed E-state index contributed by atoms with van der Waals surface area (Å²) in [6.45, 7) is 9.87. The molecule has 0 aliphatic carbocycles. The van der Waals surface area contributed by atoms with Gasteiger partial charge < -0.3 is 14.7 Å². The number of anilines is 1. The lowest BCUT2D eigenvalue weighted by Gasteiger charge is -2.30. The van der Waals surface area contributed by atoms with Crippen LogP contribution in [-0.4, -0.2) is 46.5 Å². The van der Waals surface area contributed by atoms with Crippen molar-refractivity contribution < 1.29 is 14.1 Å². The van der Waals surface area contributed by atoms with Gasteiger partial charge in [-0.15, -0.1) is 0 Å². The maximum atomic E-state index is 13.0. The Hall–Kier alpha value is -3.52. The quantitative estimate of drug-likeness (QED) is 0.491. The highest BCUT2D eigenvalue weighted by molar-refractivity contribution is 5.95. The van der Waals surface area contributed by atoms with E-state index in [0.717, 1.165) is 49.2 Å². The van der Waals surface area contributed by atoms with Crippen molar-refractivity contribution in [1.29, 1.82) is 0 Å². The number of carbonyl (C=O) groups excluding carboxylic acids is 2. The van der Waals surface area contributed by atoms with E-state index in [-0.39, 0.29) is 23.1 Å². The Bertz CT molecular complexity index is 1280. The molecule has 1 N–H and O–H groups in total. The van der Waals surface area contributed by atoms with Crippen LogP contribution in [0.4, 0.5) is 5.69 Å². The molecule has 2 amide bonds. The fraction of sp³-hybridized carbons (Fsp3) is 0.467. The maximum Gasteiger partial charge on any atom is 0.241 e. The highest BCUT2D eigenvalue weighted by atomic mass is 16.5. The molecule has 3 heterocycles. The van der Waals surface area contributed by atoms with Crippen molar-refractivity contribution >= 4 is 17.5 Å². The molecule has 2 fully saturated rings. The summed E-state index contributed by atoms with van der Waals surface area (Å²) in [5, 5.41) is 7.29. The van der Waals surface area contributed by atoms with E-state index in [1.165, 1.54) is 5.56 Å². The van der Waals surface area contributed by atoms with E-state index in [1.807, 2.05) is 41.3 Å². The van der Waals surface area contributed by atoms with Crippen molar-refractivity contribution in [3.63, 3.8) is 0 Å². The molecule has 0 saturated carbocycles. The van der Waals surface area contributed by atoms with Crippen LogP contribution >= 0.6 is 0 Å². The zero-order chi connectivity index (χ0) is 26.7. The lowest BCUT2D eigenvalue weighted by atomic mass is 9.87. The molecular formula is C30H37N5O3. The number of likely N-dealkylation sites (tertiary alicyclic amines) is 1. The fourth-order valence-electron chi connectivity index (χ4n) is 5.25. The fourth-order valence-corrected chi connectivity index (χ4v) is 5.25. The molecule has 8 nitrogen and oxygen atoms in total. The largest absolute Gasteiger partial charge is 0.352 e. The van der Waals surface area contributed by atoms with Gasteiger partial charge in [-0.25, -0.2) is 0 Å². The van der Waals surface area contributed by atoms with Gasteiger partial charge in [0.15, 0.2) is 0 Å². The van der Waals surface area contributed by atoms with Gasteiger partial charge in [-0.05, 0) is 54.5 Å². The Morgan fingerprint density at radius 1 is 1.11 bits per heavy atom. The number of benzene rings is 2. The van der Waals surface area contributed by atoms with Crippen molar-refractivity contribution in [1.82, 2.24) is 20.4 Å². The van der Waals surface area contributed by atoms with E-state index in [2.05, 4.69) is 53.3 Å². The standard InChI is InChI=1S/C30H37N5O3/c1-30(2,3)24-13-11-22(12-14-24)28-32-26(38-33-28)20-34-15-5-8-23(19-34)29(37)31-18-21-7-4-9-25(17-21)35-16-6-10-27(35)36/h4,7,9,11-14,17,23H,5-6,8,10,15-16,18-20H2,1-3H3,(H,31,37). The predicted molar refractivity (Wildman–Crippen MR) is 146 cm³/mol. The van der Waals surface area contributed by atoms with E-state index in [0.29, 0.717) is 37.8 Å². The Labute approximate surface area is 224 Å². The molecule has 1 atom stereocenters. The van der Waals surface area contributed by atoms with Crippen molar-refractivity contribution in [2.75, 3.05) is 24.5 Å². The van der Waals surface area contributed by atoms with Crippen LogP contribution in [0.5, 0.6) is 0 Å². The molecule has 1 aromatic heterocycles. The molecule has 200 valence electrons.